The Kier molecular flexibility index (Phi) is 5.36. The summed E-state index contributed by atoms with van der Waals surface area (Å²) in [6.45, 7) is 9.32. The number of pyridine rings is 1. The molecule has 3 aromatic heterocycles. The molecule has 3 aromatic rings. The van der Waals surface area contributed by atoms with Gasteiger partial charge in [0.15, 0.2) is 5.65 Å². The predicted molar refractivity (Wildman–Crippen MR) is 119 cm³/mol. The highest BCUT2D eigenvalue weighted by Crippen LogP contribution is 2.33. The van der Waals surface area contributed by atoms with Crippen LogP contribution in [0.4, 0.5) is 0 Å². The van der Waals surface area contributed by atoms with Gasteiger partial charge in [0, 0.05) is 40.4 Å². The highest BCUT2D eigenvalue weighted by Gasteiger charge is 2.28. The minimum absolute atomic E-state index is 0.0421. The number of carbonyl (C=O) groups is 2. The minimum Gasteiger partial charge on any atom is -0.369 e. The van der Waals surface area contributed by atoms with Gasteiger partial charge in [-0.25, -0.2) is 9.67 Å². The molecular weight excluding hydrogens is 398 g/mol. The molecule has 158 valence electrons. The fraction of sp³-hybridized carbons (Fsp3) is 0.455. The number of hydrogen-bond donors (Lipinski definition) is 1. The summed E-state index contributed by atoms with van der Waals surface area (Å²) in [7, 11) is 0. The third-order valence-corrected chi connectivity index (χ3v) is 6.75. The summed E-state index contributed by atoms with van der Waals surface area (Å²) in [5.41, 5.74) is 8.63. The van der Waals surface area contributed by atoms with Crippen molar-refractivity contribution in [3.8, 4) is 11.3 Å². The molecule has 4 heterocycles. The number of piperidine rings is 1. The van der Waals surface area contributed by atoms with Gasteiger partial charge in [-0.15, -0.1) is 11.3 Å². The van der Waals surface area contributed by atoms with Gasteiger partial charge in [0.05, 0.1) is 22.8 Å². The normalized spacial score (nSPS) is 15.3. The van der Waals surface area contributed by atoms with E-state index in [1.54, 1.807) is 17.5 Å². The van der Waals surface area contributed by atoms with Gasteiger partial charge in [-0.05, 0) is 52.7 Å². The second kappa shape index (κ2) is 7.83. The molecule has 0 aliphatic carbocycles. The lowest BCUT2D eigenvalue weighted by atomic mass is 9.95. The molecule has 0 radical (unpaired) electrons. The molecule has 8 heteroatoms. The van der Waals surface area contributed by atoms with Gasteiger partial charge in [-0.3, -0.25) is 9.59 Å². The van der Waals surface area contributed by atoms with Crippen molar-refractivity contribution < 1.29 is 9.59 Å². The molecule has 0 spiro atoms. The number of nitrogens with two attached hydrogens (primary N) is 1. The Bertz CT molecular complexity index is 1120. The molecule has 2 N–H and O–H groups in total. The van der Waals surface area contributed by atoms with Crippen molar-refractivity contribution in [3.05, 3.63) is 33.6 Å². The number of rotatable bonds is 4. The number of fused-ring (bicyclic) bond motifs is 1. The Hall–Kier alpha value is -2.74. The summed E-state index contributed by atoms with van der Waals surface area (Å²) in [6, 6.07) is 4.15. The molecule has 2 amide bonds. The van der Waals surface area contributed by atoms with Crippen molar-refractivity contribution in [2.45, 2.75) is 46.6 Å². The number of likely N-dealkylation sites (tertiary alicyclic amines) is 1. The molecule has 7 nitrogen and oxygen atoms in total. The van der Waals surface area contributed by atoms with Crippen molar-refractivity contribution in [3.63, 3.8) is 0 Å². The topological polar surface area (TPSA) is 94.1 Å². The number of hydrogen-bond acceptors (Lipinski definition) is 5. The van der Waals surface area contributed by atoms with Gasteiger partial charge >= 0.3 is 0 Å². The molecule has 0 atom stereocenters. The Morgan fingerprint density at radius 1 is 1.20 bits per heavy atom. The first kappa shape index (κ1) is 20.5. The first-order valence-electron chi connectivity index (χ1n) is 10.3. The van der Waals surface area contributed by atoms with Crippen molar-refractivity contribution in [2.24, 2.45) is 11.7 Å². The van der Waals surface area contributed by atoms with E-state index >= 15 is 0 Å². The number of nitrogens with zero attached hydrogens (tertiary/aromatic N) is 4. The van der Waals surface area contributed by atoms with Crippen LogP contribution in [-0.2, 0) is 4.79 Å². The number of primary amides is 1. The molecule has 1 saturated heterocycles. The van der Waals surface area contributed by atoms with E-state index in [-0.39, 0.29) is 23.8 Å². The standard InChI is InChI=1S/C22H27N5O2S/c1-12(2)27-21-18(11-24-27)17(10-19(25-21)16-9-13(3)30-14(16)4)22(29)26-7-5-15(6-8-26)20(23)28/h9-12,15H,5-8H2,1-4H3,(H2,23,28). The second-order valence-corrected chi connectivity index (χ2v) is 9.73. The zero-order valence-electron chi connectivity index (χ0n) is 17.8. The fourth-order valence-corrected chi connectivity index (χ4v) is 5.07. The maximum Gasteiger partial charge on any atom is 0.254 e. The molecule has 1 aliphatic heterocycles. The SMILES string of the molecule is Cc1cc(-c2cc(C(=O)N3CCC(C(N)=O)CC3)c3cnn(C(C)C)c3n2)c(C)s1. The lowest BCUT2D eigenvalue weighted by molar-refractivity contribution is -0.123. The van der Waals surface area contributed by atoms with Crippen LogP contribution >= 0.6 is 11.3 Å². The Labute approximate surface area is 179 Å². The number of aromatic nitrogens is 3. The van der Waals surface area contributed by atoms with Crippen LogP contribution in [0.5, 0.6) is 0 Å². The van der Waals surface area contributed by atoms with E-state index in [0.717, 1.165) is 22.3 Å². The van der Waals surface area contributed by atoms with E-state index in [1.807, 2.05) is 15.6 Å². The largest absolute Gasteiger partial charge is 0.369 e. The lowest BCUT2D eigenvalue weighted by Gasteiger charge is -2.30. The summed E-state index contributed by atoms with van der Waals surface area (Å²) in [5, 5.41) is 5.27. The van der Waals surface area contributed by atoms with E-state index in [9.17, 15) is 9.59 Å². The van der Waals surface area contributed by atoms with Crippen LogP contribution in [0.15, 0.2) is 18.3 Å². The first-order valence-corrected chi connectivity index (χ1v) is 11.1. The van der Waals surface area contributed by atoms with Crippen LogP contribution in [0, 0.1) is 19.8 Å². The van der Waals surface area contributed by atoms with Crippen LogP contribution in [-0.4, -0.2) is 44.6 Å². The van der Waals surface area contributed by atoms with Gasteiger partial charge in [0.2, 0.25) is 5.91 Å². The first-order chi connectivity index (χ1) is 14.3. The average molecular weight is 426 g/mol. The monoisotopic (exact) mass is 425 g/mol. The van der Waals surface area contributed by atoms with Gasteiger partial charge in [0.25, 0.3) is 5.91 Å². The summed E-state index contributed by atoms with van der Waals surface area (Å²) >= 11 is 1.73. The third-order valence-electron chi connectivity index (χ3n) is 5.79. The van der Waals surface area contributed by atoms with Crippen molar-refractivity contribution in [1.82, 2.24) is 19.7 Å². The highest BCUT2D eigenvalue weighted by molar-refractivity contribution is 7.12. The maximum atomic E-state index is 13.5. The Balaban J connectivity index is 1.79. The molecule has 4 rings (SSSR count). The van der Waals surface area contributed by atoms with Crippen molar-refractivity contribution in [1.29, 1.82) is 0 Å². The molecule has 0 unspecified atom stereocenters. The summed E-state index contributed by atoms with van der Waals surface area (Å²) in [4.78, 5) is 34.1. The summed E-state index contributed by atoms with van der Waals surface area (Å²) in [6.07, 6.45) is 2.95. The van der Waals surface area contributed by atoms with E-state index < -0.39 is 0 Å². The quantitative estimate of drug-likeness (QED) is 0.690. The molecule has 0 aromatic carbocycles. The Morgan fingerprint density at radius 2 is 1.90 bits per heavy atom. The van der Waals surface area contributed by atoms with Gasteiger partial charge in [0.1, 0.15) is 0 Å². The van der Waals surface area contributed by atoms with Crippen molar-refractivity contribution >= 4 is 34.2 Å². The molecule has 0 bridgehead atoms. The molecule has 1 aliphatic rings. The lowest BCUT2D eigenvalue weighted by Crippen LogP contribution is -2.41. The Morgan fingerprint density at radius 3 is 2.47 bits per heavy atom. The minimum atomic E-state index is -0.280. The van der Waals surface area contributed by atoms with Gasteiger partial charge in [-0.1, -0.05) is 0 Å². The average Bonchev–Trinajstić information content (AvgIpc) is 3.29. The van der Waals surface area contributed by atoms with Crippen LogP contribution in [0.1, 0.15) is 52.8 Å². The van der Waals surface area contributed by atoms with E-state index in [0.29, 0.717) is 31.5 Å². The third kappa shape index (κ3) is 3.60. The van der Waals surface area contributed by atoms with Crippen molar-refractivity contribution in [2.75, 3.05) is 13.1 Å². The number of amides is 2. The highest BCUT2D eigenvalue weighted by atomic mass is 32.1. The molecule has 0 saturated carbocycles. The van der Waals surface area contributed by atoms with Gasteiger partial charge in [-0.2, -0.15) is 5.10 Å². The zero-order chi connectivity index (χ0) is 21.6. The summed E-state index contributed by atoms with van der Waals surface area (Å²) in [5.74, 6) is -0.473. The number of thiophene rings is 1. The molecular formula is C22H27N5O2S. The molecule has 30 heavy (non-hydrogen) atoms. The second-order valence-electron chi connectivity index (χ2n) is 8.27. The van der Waals surface area contributed by atoms with Gasteiger partial charge < -0.3 is 10.6 Å². The zero-order valence-corrected chi connectivity index (χ0v) is 18.6. The van der Waals surface area contributed by atoms with E-state index in [4.69, 9.17) is 10.7 Å². The summed E-state index contributed by atoms with van der Waals surface area (Å²) < 4.78 is 1.86. The fourth-order valence-electron chi connectivity index (χ4n) is 4.13. The van der Waals surface area contributed by atoms with Crippen LogP contribution in [0.3, 0.4) is 0 Å². The molecule has 1 fully saturated rings. The predicted octanol–water partition coefficient (Wildman–Crippen LogP) is 3.70. The number of carbonyl (C=O) groups excluding carboxylic acids is 2. The van der Waals surface area contributed by atoms with E-state index in [2.05, 4.69) is 38.9 Å². The maximum absolute atomic E-state index is 13.5. The van der Waals surface area contributed by atoms with E-state index in [1.165, 1.54) is 9.75 Å². The number of aryl methyl sites for hydroxylation is 2. The van der Waals surface area contributed by atoms with Crippen LogP contribution in [0.2, 0.25) is 0 Å². The smallest absolute Gasteiger partial charge is 0.254 e. The van der Waals surface area contributed by atoms with Crippen LogP contribution < -0.4 is 5.73 Å². The van der Waals surface area contributed by atoms with Crippen LogP contribution in [0.25, 0.3) is 22.3 Å².